The smallest absolute Gasteiger partial charge is 0.255 e. The van der Waals surface area contributed by atoms with Crippen LogP contribution in [-0.4, -0.2) is 61.1 Å². The molecule has 0 unspecified atom stereocenters. The minimum atomic E-state index is -0.234. The van der Waals surface area contributed by atoms with E-state index in [9.17, 15) is 9.59 Å². The third-order valence-electron chi connectivity index (χ3n) is 6.60. The van der Waals surface area contributed by atoms with Crippen LogP contribution >= 0.6 is 0 Å². The first kappa shape index (κ1) is 26.3. The second-order valence-electron chi connectivity index (χ2n) is 9.10. The van der Waals surface area contributed by atoms with E-state index in [2.05, 4.69) is 39.3 Å². The number of aryl methyl sites for hydroxylation is 1. The molecule has 8 nitrogen and oxygen atoms in total. The molecular formula is C29H35N5O3. The molecule has 2 N–H and O–H groups in total. The van der Waals surface area contributed by atoms with E-state index in [0.29, 0.717) is 35.7 Å². The number of hydrogen-bond acceptors (Lipinski definition) is 6. The van der Waals surface area contributed by atoms with Crippen molar-refractivity contribution in [2.45, 2.75) is 27.3 Å². The molecule has 1 saturated heterocycles. The van der Waals surface area contributed by atoms with Crippen LogP contribution in [0.4, 0.5) is 17.2 Å². The number of rotatable bonds is 9. The normalized spacial score (nSPS) is 13.5. The van der Waals surface area contributed by atoms with E-state index in [1.54, 1.807) is 24.4 Å². The number of anilines is 3. The van der Waals surface area contributed by atoms with Crippen LogP contribution in [0.25, 0.3) is 0 Å². The molecule has 0 radical (unpaired) electrons. The average Bonchev–Trinajstić information content (AvgIpc) is 2.94. The van der Waals surface area contributed by atoms with Gasteiger partial charge in [-0.3, -0.25) is 14.5 Å². The van der Waals surface area contributed by atoms with E-state index in [1.165, 1.54) is 5.56 Å². The minimum absolute atomic E-state index is 0.190. The first-order valence-electron chi connectivity index (χ1n) is 12.8. The maximum Gasteiger partial charge on any atom is 0.255 e. The van der Waals surface area contributed by atoms with Crippen molar-refractivity contribution in [3.05, 3.63) is 83.0 Å². The van der Waals surface area contributed by atoms with Crippen LogP contribution in [0.15, 0.2) is 60.8 Å². The summed E-state index contributed by atoms with van der Waals surface area (Å²) in [6.07, 6.45) is 1.65. The summed E-state index contributed by atoms with van der Waals surface area (Å²) in [5.74, 6) is 0.336. The summed E-state index contributed by atoms with van der Waals surface area (Å²) in [5.41, 5.74) is 4.44. The first-order chi connectivity index (χ1) is 18.0. The highest BCUT2D eigenvalue weighted by Crippen LogP contribution is 2.23. The number of ether oxygens (including phenoxy) is 1. The summed E-state index contributed by atoms with van der Waals surface area (Å²) >= 11 is 0. The maximum atomic E-state index is 13.0. The molecule has 3 aromatic rings. The van der Waals surface area contributed by atoms with Gasteiger partial charge < -0.3 is 20.3 Å². The van der Waals surface area contributed by atoms with Crippen molar-refractivity contribution in [2.24, 2.45) is 0 Å². The Morgan fingerprint density at radius 2 is 1.62 bits per heavy atom. The summed E-state index contributed by atoms with van der Waals surface area (Å²) in [7, 11) is 0. The summed E-state index contributed by atoms with van der Waals surface area (Å²) < 4.78 is 5.40. The summed E-state index contributed by atoms with van der Waals surface area (Å²) in [5, 5.41) is 5.93. The highest BCUT2D eigenvalue weighted by Gasteiger charge is 2.16. The van der Waals surface area contributed by atoms with Crippen LogP contribution in [0, 0.1) is 6.92 Å². The number of nitrogens with one attached hydrogen (secondary N) is 2. The van der Waals surface area contributed by atoms with Crippen molar-refractivity contribution in [2.75, 3.05) is 54.9 Å². The number of morpholine rings is 1. The predicted molar refractivity (Wildman–Crippen MR) is 147 cm³/mol. The van der Waals surface area contributed by atoms with Gasteiger partial charge in [0.05, 0.1) is 13.2 Å². The van der Waals surface area contributed by atoms with Crippen LogP contribution < -0.4 is 15.5 Å². The molecule has 2 aromatic carbocycles. The molecule has 1 aliphatic rings. The highest BCUT2D eigenvalue weighted by atomic mass is 16.5. The lowest BCUT2D eigenvalue weighted by Gasteiger charge is -2.27. The Hall–Kier alpha value is -3.75. The van der Waals surface area contributed by atoms with Crippen molar-refractivity contribution < 1.29 is 14.3 Å². The number of nitrogens with zero attached hydrogens (tertiary/aromatic N) is 3. The maximum absolute atomic E-state index is 13.0. The SMILES string of the molecule is CCN(CC)Cc1ccc(C(=O)Nc2cc(NC(=O)c3ccnc(N4CCOCC4)c3)ccc2C)cc1. The topological polar surface area (TPSA) is 86.8 Å². The fraction of sp³-hybridized carbons (Fsp3) is 0.345. The highest BCUT2D eigenvalue weighted by molar-refractivity contribution is 6.07. The molecule has 1 aromatic heterocycles. The quantitative estimate of drug-likeness (QED) is 0.447. The van der Waals surface area contributed by atoms with Gasteiger partial charge in [-0.1, -0.05) is 32.0 Å². The Kier molecular flexibility index (Phi) is 8.87. The third-order valence-corrected chi connectivity index (χ3v) is 6.60. The molecule has 0 spiro atoms. The number of aromatic nitrogens is 1. The lowest BCUT2D eigenvalue weighted by molar-refractivity contribution is 0.101. The Bertz CT molecular complexity index is 1220. The number of carbonyl (C=O) groups is 2. The van der Waals surface area contributed by atoms with E-state index < -0.39 is 0 Å². The largest absolute Gasteiger partial charge is 0.378 e. The Balaban J connectivity index is 1.41. The number of carbonyl (C=O) groups excluding carboxylic acids is 2. The number of pyridine rings is 1. The standard InChI is InChI=1S/C29H35N5O3/c1-4-33(5-2)20-22-7-9-23(10-8-22)28(35)32-26-19-25(11-6-21(26)3)31-29(36)24-12-13-30-27(18-24)34-14-16-37-17-15-34/h6-13,18-19H,4-5,14-17,20H2,1-3H3,(H,31,36)(H,32,35). The molecular weight excluding hydrogens is 466 g/mol. The molecule has 1 aliphatic heterocycles. The third kappa shape index (κ3) is 6.93. The average molecular weight is 502 g/mol. The monoisotopic (exact) mass is 501 g/mol. The van der Waals surface area contributed by atoms with Gasteiger partial charge in [-0.2, -0.15) is 0 Å². The van der Waals surface area contributed by atoms with E-state index >= 15 is 0 Å². The van der Waals surface area contributed by atoms with Crippen LogP contribution in [0.5, 0.6) is 0 Å². The van der Waals surface area contributed by atoms with Gasteiger partial charge in [0.1, 0.15) is 5.82 Å². The molecule has 8 heteroatoms. The van der Waals surface area contributed by atoms with Gasteiger partial charge >= 0.3 is 0 Å². The summed E-state index contributed by atoms with van der Waals surface area (Å²) in [4.78, 5) is 34.7. The number of hydrogen-bond donors (Lipinski definition) is 2. The predicted octanol–water partition coefficient (Wildman–Crippen LogP) is 4.57. The minimum Gasteiger partial charge on any atom is -0.378 e. The lowest BCUT2D eigenvalue weighted by atomic mass is 10.1. The van der Waals surface area contributed by atoms with Gasteiger partial charge in [-0.25, -0.2) is 4.98 Å². The van der Waals surface area contributed by atoms with Crippen LogP contribution in [0.1, 0.15) is 45.7 Å². The number of benzene rings is 2. The van der Waals surface area contributed by atoms with E-state index in [0.717, 1.165) is 44.1 Å². The van der Waals surface area contributed by atoms with Gasteiger partial charge in [-0.15, -0.1) is 0 Å². The summed E-state index contributed by atoms with van der Waals surface area (Å²) in [6.45, 7) is 11.8. The molecule has 2 amide bonds. The Morgan fingerprint density at radius 3 is 2.32 bits per heavy atom. The van der Waals surface area contributed by atoms with Gasteiger partial charge in [0, 0.05) is 48.3 Å². The van der Waals surface area contributed by atoms with Crippen molar-refractivity contribution >= 4 is 29.0 Å². The van der Waals surface area contributed by atoms with Gasteiger partial charge in [0.25, 0.3) is 11.8 Å². The molecule has 2 heterocycles. The van der Waals surface area contributed by atoms with Crippen molar-refractivity contribution in [3.63, 3.8) is 0 Å². The zero-order chi connectivity index (χ0) is 26.2. The van der Waals surface area contributed by atoms with Crippen molar-refractivity contribution in [1.29, 1.82) is 0 Å². The van der Waals surface area contributed by atoms with Crippen LogP contribution in [0.2, 0.25) is 0 Å². The molecule has 194 valence electrons. The second kappa shape index (κ2) is 12.5. The second-order valence-corrected chi connectivity index (χ2v) is 9.10. The van der Waals surface area contributed by atoms with Gasteiger partial charge in [-0.05, 0) is 67.5 Å². The lowest BCUT2D eigenvalue weighted by Crippen LogP contribution is -2.36. The fourth-order valence-corrected chi connectivity index (χ4v) is 4.22. The Labute approximate surface area is 218 Å². The number of amides is 2. The van der Waals surface area contributed by atoms with E-state index in [-0.39, 0.29) is 11.8 Å². The van der Waals surface area contributed by atoms with E-state index in [1.807, 2.05) is 43.3 Å². The first-order valence-corrected chi connectivity index (χ1v) is 12.8. The van der Waals surface area contributed by atoms with Crippen LogP contribution in [0.3, 0.4) is 0 Å². The summed E-state index contributed by atoms with van der Waals surface area (Å²) in [6, 6.07) is 16.7. The van der Waals surface area contributed by atoms with Gasteiger partial charge in [0.2, 0.25) is 0 Å². The van der Waals surface area contributed by atoms with Crippen molar-refractivity contribution in [1.82, 2.24) is 9.88 Å². The zero-order valence-electron chi connectivity index (χ0n) is 21.8. The Morgan fingerprint density at radius 1 is 0.919 bits per heavy atom. The molecule has 0 bridgehead atoms. The zero-order valence-corrected chi connectivity index (χ0v) is 21.8. The molecule has 1 fully saturated rings. The van der Waals surface area contributed by atoms with Gasteiger partial charge in [0.15, 0.2) is 0 Å². The molecule has 0 aliphatic carbocycles. The molecule has 0 atom stereocenters. The van der Waals surface area contributed by atoms with E-state index in [4.69, 9.17) is 4.74 Å². The molecule has 4 rings (SSSR count). The molecule has 0 saturated carbocycles. The molecule has 37 heavy (non-hydrogen) atoms. The van der Waals surface area contributed by atoms with Crippen molar-refractivity contribution in [3.8, 4) is 0 Å². The fourth-order valence-electron chi connectivity index (χ4n) is 4.22. The van der Waals surface area contributed by atoms with Crippen LogP contribution in [-0.2, 0) is 11.3 Å².